The minimum atomic E-state index is -0.433. The molecule has 0 aromatic carbocycles. The summed E-state index contributed by atoms with van der Waals surface area (Å²) in [5.74, 6) is -0.431. The van der Waals surface area contributed by atoms with Gasteiger partial charge >= 0.3 is 11.9 Å². The predicted octanol–water partition coefficient (Wildman–Crippen LogP) is 18.7. The van der Waals surface area contributed by atoms with Crippen molar-refractivity contribution in [2.24, 2.45) is 0 Å². The smallest absolute Gasteiger partial charge is 0.306 e. The first-order chi connectivity index (χ1) is 31.6. The van der Waals surface area contributed by atoms with Gasteiger partial charge in [-0.3, -0.25) is 9.59 Å². The van der Waals surface area contributed by atoms with Crippen LogP contribution in [0.5, 0.6) is 0 Å². The fourth-order valence-electron chi connectivity index (χ4n) is 7.58. The van der Waals surface area contributed by atoms with E-state index in [0.717, 1.165) is 64.2 Å². The van der Waals surface area contributed by atoms with Crippen LogP contribution in [0, 0.1) is 0 Å². The maximum atomic E-state index is 12.6. The molecule has 0 radical (unpaired) electrons. The van der Waals surface area contributed by atoms with Crippen LogP contribution in [0.4, 0.5) is 0 Å². The number of unbranched alkanes of at least 4 members (excludes halogenated alkanes) is 27. The maximum Gasteiger partial charge on any atom is 0.306 e. The Morgan fingerprint density at radius 2 is 0.625 bits per heavy atom. The van der Waals surface area contributed by atoms with Gasteiger partial charge in [0.15, 0.2) is 0 Å². The fraction of sp³-hybridized carbons (Fsp3) is 0.763. The largest absolute Gasteiger partial charge is 0.463 e. The normalized spacial score (nSPS) is 12.7. The van der Waals surface area contributed by atoms with Crippen molar-refractivity contribution in [2.45, 2.75) is 271 Å². The molecular weight excluding hydrogens is 789 g/mol. The van der Waals surface area contributed by atoms with Crippen molar-refractivity contribution in [3.63, 3.8) is 0 Å². The molecule has 5 nitrogen and oxygen atoms in total. The van der Waals surface area contributed by atoms with Crippen LogP contribution in [0.25, 0.3) is 0 Å². The third-order valence-corrected chi connectivity index (χ3v) is 11.8. The SMILES string of the molecule is CCCCC/C=C\C/C=C\C/C=C\C/C=C\C/C=C\CCC(=O)OC[C@H](COC(=O)CCCCCCC/C=C\CCCCCC)OCCCCCCCCCCCCCCCCCC. The van der Waals surface area contributed by atoms with Crippen LogP contribution in [-0.2, 0) is 23.8 Å². The van der Waals surface area contributed by atoms with Gasteiger partial charge in [-0.15, -0.1) is 0 Å². The highest BCUT2D eigenvalue weighted by Gasteiger charge is 2.16. The molecule has 0 aliphatic rings. The molecule has 0 spiro atoms. The molecule has 370 valence electrons. The fourth-order valence-corrected chi connectivity index (χ4v) is 7.58. The van der Waals surface area contributed by atoms with Gasteiger partial charge in [-0.05, 0) is 83.5 Å². The van der Waals surface area contributed by atoms with Gasteiger partial charge in [0, 0.05) is 19.4 Å². The Hall–Kier alpha value is -2.66. The van der Waals surface area contributed by atoms with Crippen LogP contribution in [0.2, 0.25) is 0 Å². The van der Waals surface area contributed by atoms with Gasteiger partial charge in [0.2, 0.25) is 0 Å². The molecule has 0 rings (SSSR count). The number of hydrogen-bond donors (Lipinski definition) is 0. The van der Waals surface area contributed by atoms with Crippen LogP contribution < -0.4 is 0 Å². The quantitative estimate of drug-likeness (QED) is 0.0346. The van der Waals surface area contributed by atoms with Crippen molar-refractivity contribution in [3.05, 3.63) is 72.9 Å². The molecule has 0 saturated heterocycles. The summed E-state index contributed by atoms with van der Waals surface area (Å²) >= 11 is 0. The summed E-state index contributed by atoms with van der Waals surface area (Å²) in [5, 5.41) is 0. The summed E-state index contributed by atoms with van der Waals surface area (Å²) in [7, 11) is 0. The van der Waals surface area contributed by atoms with Gasteiger partial charge in [-0.25, -0.2) is 0 Å². The number of hydrogen-bond acceptors (Lipinski definition) is 5. The average molecular weight is 893 g/mol. The lowest BCUT2D eigenvalue weighted by atomic mass is 10.0. The highest BCUT2D eigenvalue weighted by atomic mass is 16.6. The van der Waals surface area contributed by atoms with Gasteiger partial charge in [0.25, 0.3) is 0 Å². The molecule has 0 bridgehead atoms. The first kappa shape index (κ1) is 61.3. The van der Waals surface area contributed by atoms with Crippen molar-refractivity contribution < 1.29 is 23.8 Å². The molecule has 5 heteroatoms. The monoisotopic (exact) mass is 893 g/mol. The van der Waals surface area contributed by atoms with E-state index in [1.54, 1.807) is 0 Å². The Bertz CT molecular complexity index is 1150. The second kappa shape index (κ2) is 54.7. The van der Waals surface area contributed by atoms with Crippen molar-refractivity contribution in [1.82, 2.24) is 0 Å². The second-order valence-electron chi connectivity index (χ2n) is 18.1. The summed E-state index contributed by atoms with van der Waals surface area (Å²) in [6, 6.07) is 0. The Balaban J connectivity index is 4.36. The molecule has 0 aromatic rings. The van der Waals surface area contributed by atoms with E-state index in [4.69, 9.17) is 14.2 Å². The lowest BCUT2D eigenvalue weighted by Gasteiger charge is -2.18. The van der Waals surface area contributed by atoms with E-state index in [2.05, 4.69) is 87.6 Å². The van der Waals surface area contributed by atoms with E-state index < -0.39 is 6.10 Å². The molecule has 64 heavy (non-hydrogen) atoms. The molecule has 0 aliphatic carbocycles. The Morgan fingerprint density at radius 3 is 1.08 bits per heavy atom. The van der Waals surface area contributed by atoms with E-state index >= 15 is 0 Å². The number of rotatable bonds is 50. The molecular formula is C59H104O5. The van der Waals surface area contributed by atoms with Gasteiger partial charge < -0.3 is 14.2 Å². The Morgan fingerprint density at radius 1 is 0.328 bits per heavy atom. The Kier molecular flexibility index (Phi) is 52.4. The van der Waals surface area contributed by atoms with Crippen molar-refractivity contribution in [3.8, 4) is 0 Å². The molecule has 0 aromatic heterocycles. The van der Waals surface area contributed by atoms with E-state index in [1.807, 2.05) is 6.08 Å². The molecule has 0 aliphatic heterocycles. The lowest BCUT2D eigenvalue weighted by Crippen LogP contribution is -2.29. The van der Waals surface area contributed by atoms with E-state index in [0.29, 0.717) is 25.9 Å². The maximum absolute atomic E-state index is 12.6. The molecule has 0 amide bonds. The van der Waals surface area contributed by atoms with Gasteiger partial charge in [0.1, 0.15) is 19.3 Å². The van der Waals surface area contributed by atoms with Crippen molar-refractivity contribution in [1.29, 1.82) is 0 Å². The summed E-state index contributed by atoms with van der Waals surface area (Å²) in [5.41, 5.74) is 0. The minimum absolute atomic E-state index is 0.115. The van der Waals surface area contributed by atoms with E-state index in [-0.39, 0.29) is 25.2 Å². The van der Waals surface area contributed by atoms with Gasteiger partial charge in [0.05, 0.1) is 0 Å². The van der Waals surface area contributed by atoms with Crippen LogP contribution in [0.1, 0.15) is 265 Å². The summed E-state index contributed by atoms with van der Waals surface area (Å²) in [6.07, 6.45) is 70.9. The minimum Gasteiger partial charge on any atom is -0.463 e. The summed E-state index contributed by atoms with van der Waals surface area (Å²) < 4.78 is 17.4. The van der Waals surface area contributed by atoms with Crippen LogP contribution >= 0.6 is 0 Å². The number of carbonyl (C=O) groups is 2. The van der Waals surface area contributed by atoms with Crippen LogP contribution in [-0.4, -0.2) is 37.9 Å². The van der Waals surface area contributed by atoms with Gasteiger partial charge in [-0.2, -0.15) is 0 Å². The van der Waals surface area contributed by atoms with Gasteiger partial charge in [-0.1, -0.05) is 241 Å². The van der Waals surface area contributed by atoms with Crippen molar-refractivity contribution in [2.75, 3.05) is 19.8 Å². The van der Waals surface area contributed by atoms with Crippen LogP contribution in [0.15, 0.2) is 72.9 Å². The average Bonchev–Trinajstić information content (AvgIpc) is 3.30. The van der Waals surface area contributed by atoms with E-state index in [1.165, 1.54) is 161 Å². The number of carbonyl (C=O) groups excluding carboxylic acids is 2. The summed E-state index contributed by atoms with van der Waals surface area (Å²) in [4.78, 5) is 25.2. The number of esters is 2. The first-order valence-electron chi connectivity index (χ1n) is 27.5. The molecule has 0 saturated carbocycles. The first-order valence-corrected chi connectivity index (χ1v) is 27.5. The zero-order valence-corrected chi connectivity index (χ0v) is 42.5. The summed E-state index contributed by atoms with van der Waals surface area (Å²) in [6.45, 7) is 7.62. The molecule has 0 fully saturated rings. The van der Waals surface area contributed by atoms with Crippen molar-refractivity contribution >= 4 is 11.9 Å². The highest BCUT2D eigenvalue weighted by molar-refractivity contribution is 5.70. The molecule has 0 unspecified atom stereocenters. The van der Waals surface area contributed by atoms with E-state index in [9.17, 15) is 9.59 Å². The third kappa shape index (κ3) is 52.0. The topological polar surface area (TPSA) is 61.8 Å². The van der Waals surface area contributed by atoms with Crippen LogP contribution in [0.3, 0.4) is 0 Å². The molecule has 0 N–H and O–H groups in total. The number of ether oxygens (including phenoxy) is 3. The standard InChI is InChI=1S/C59H104O5/c1-4-7-10-13-16-19-22-25-27-29-30-31-32-35-38-41-44-47-50-53-59(61)64-56-57(55-63-58(60)52-49-46-43-40-37-34-24-21-18-15-12-9-6-3)62-54-51-48-45-42-39-36-33-28-26-23-20-17-14-11-8-5-2/h16,19,21,24-25,27,30-31,35,38,44,47,57H,4-15,17-18,20,22-23,26,28-29,32-34,36-37,39-43,45-46,48-56H2,1-3H3/b19-16-,24-21-,27-25-,31-30-,38-35-,47-44-/t57-/m0/s1. The lowest BCUT2D eigenvalue weighted by molar-refractivity contribution is -0.155. The number of allylic oxidation sites excluding steroid dienone is 12. The zero-order valence-electron chi connectivity index (χ0n) is 42.5. The zero-order chi connectivity index (χ0) is 46.3. The Labute approximate surface area is 397 Å². The second-order valence-corrected chi connectivity index (χ2v) is 18.1. The predicted molar refractivity (Wildman–Crippen MR) is 279 cm³/mol. The highest BCUT2D eigenvalue weighted by Crippen LogP contribution is 2.15. The molecule has 1 atom stereocenters. The molecule has 0 heterocycles. The third-order valence-electron chi connectivity index (χ3n) is 11.8.